The molecule has 2 rings (SSSR count). The van der Waals surface area contributed by atoms with Gasteiger partial charge in [-0.2, -0.15) is 5.10 Å². The van der Waals surface area contributed by atoms with Crippen LogP contribution in [-0.4, -0.2) is 21.3 Å². The summed E-state index contributed by atoms with van der Waals surface area (Å²) in [5.74, 6) is 0.666. The standard InChI is InChI=1S/C14H19BrN4S/c1-10(2)7-16-8-11-4-5-12(6-13(11)15)20-14-17-9-18-19(14)3/h4-6,9-10,16H,7-8H2,1-3H3. The predicted molar refractivity (Wildman–Crippen MR) is 85.8 cm³/mol. The van der Waals surface area contributed by atoms with E-state index in [1.165, 1.54) is 5.56 Å². The Labute approximate surface area is 132 Å². The lowest BCUT2D eigenvalue weighted by Gasteiger charge is -2.10. The van der Waals surface area contributed by atoms with Crippen molar-refractivity contribution in [2.45, 2.75) is 30.4 Å². The van der Waals surface area contributed by atoms with E-state index in [1.807, 2.05) is 7.05 Å². The summed E-state index contributed by atoms with van der Waals surface area (Å²) in [6.07, 6.45) is 1.57. The quantitative estimate of drug-likeness (QED) is 0.862. The second-order valence-electron chi connectivity index (χ2n) is 5.05. The number of aromatic nitrogens is 3. The van der Waals surface area contributed by atoms with Crippen molar-refractivity contribution in [2.75, 3.05) is 6.54 Å². The summed E-state index contributed by atoms with van der Waals surface area (Å²) in [6.45, 7) is 6.33. The smallest absolute Gasteiger partial charge is 0.190 e. The first-order valence-electron chi connectivity index (χ1n) is 6.57. The van der Waals surface area contributed by atoms with Crippen LogP contribution < -0.4 is 5.32 Å². The highest BCUT2D eigenvalue weighted by atomic mass is 79.9. The third-order valence-corrected chi connectivity index (χ3v) is 4.55. The van der Waals surface area contributed by atoms with Crippen LogP contribution in [0, 0.1) is 5.92 Å². The fourth-order valence-corrected chi connectivity index (χ4v) is 3.19. The van der Waals surface area contributed by atoms with Crippen molar-refractivity contribution in [3.63, 3.8) is 0 Å². The first-order valence-corrected chi connectivity index (χ1v) is 8.18. The monoisotopic (exact) mass is 354 g/mol. The molecule has 0 aliphatic heterocycles. The molecule has 108 valence electrons. The average molecular weight is 355 g/mol. The highest BCUT2D eigenvalue weighted by molar-refractivity contribution is 9.10. The molecular weight excluding hydrogens is 336 g/mol. The first kappa shape index (κ1) is 15.5. The van der Waals surface area contributed by atoms with Gasteiger partial charge in [0.2, 0.25) is 0 Å². The highest BCUT2D eigenvalue weighted by Gasteiger charge is 2.06. The van der Waals surface area contributed by atoms with Crippen molar-refractivity contribution in [3.05, 3.63) is 34.6 Å². The summed E-state index contributed by atoms with van der Waals surface area (Å²) in [4.78, 5) is 5.37. The second-order valence-corrected chi connectivity index (χ2v) is 6.94. The Balaban J connectivity index is 2.00. The van der Waals surface area contributed by atoms with Crippen LogP contribution in [0.4, 0.5) is 0 Å². The van der Waals surface area contributed by atoms with E-state index in [1.54, 1.807) is 22.8 Å². The van der Waals surface area contributed by atoms with Crippen LogP contribution in [0.2, 0.25) is 0 Å². The molecule has 1 aromatic heterocycles. The summed E-state index contributed by atoms with van der Waals surface area (Å²) >= 11 is 5.25. The lowest BCUT2D eigenvalue weighted by atomic mass is 10.2. The maximum absolute atomic E-state index is 4.22. The van der Waals surface area contributed by atoms with Gasteiger partial charge in [-0.05, 0) is 30.2 Å². The minimum Gasteiger partial charge on any atom is -0.312 e. The maximum atomic E-state index is 4.22. The van der Waals surface area contributed by atoms with E-state index in [9.17, 15) is 0 Å². The minimum atomic E-state index is 0.666. The van der Waals surface area contributed by atoms with Crippen molar-refractivity contribution < 1.29 is 0 Å². The van der Waals surface area contributed by atoms with Gasteiger partial charge in [-0.1, -0.05) is 47.6 Å². The van der Waals surface area contributed by atoms with Crippen molar-refractivity contribution in [2.24, 2.45) is 13.0 Å². The van der Waals surface area contributed by atoms with Gasteiger partial charge in [0.1, 0.15) is 6.33 Å². The van der Waals surface area contributed by atoms with Gasteiger partial charge in [0.25, 0.3) is 0 Å². The number of rotatable bonds is 6. The zero-order valence-electron chi connectivity index (χ0n) is 11.9. The van der Waals surface area contributed by atoms with E-state index in [-0.39, 0.29) is 0 Å². The van der Waals surface area contributed by atoms with Crippen molar-refractivity contribution in [3.8, 4) is 0 Å². The van der Waals surface area contributed by atoms with Crippen LogP contribution in [-0.2, 0) is 13.6 Å². The molecule has 0 saturated carbocycles. The van der Waals surface area contributed by atoms with Crippen molar-refractivity contribution in [1.29, 1.82) is 0 Å². The lowest BCUT2D eigenvalue weighted by molar-refractivity contribution is 0.551. The van der Waals surface area contributed by atoms with E-state index in [0.717, 1.165) is 27.6 Å². The highest BCUT2D eigenvalue weighted by Crippen LogP contribution is 2.29. The molecule has 2 aromatic rings. The summed E-state index contributed by atoms with van der Waals surface area (Å²) in [5.41, 5.74) is 1.27. The van der Waals surface area contributed by atoms with E-state index in [0.29, 0.717) is 5.92 Å². The molecule has 0 spiro atoms. The van der Waals surface area contributed by atoms with E-state index in [4.69, 9.17) is 0 Å². The van der Waals surface area contributed by atoms with Gasteiger partial charge >= 0.3 is 0 Å². The molecule has 0 radical (unpaired) electrons. The normalized spacial score (nSPS) is 11.2. The number of hydrogen-bond acceptors (Lipinski definition) is 4. The second kappa shape index (κ2) is 7.24. The molecule has 4 nitrogen and oxygen atoms in total. The summed E-state index contributed by atoms with van der Waals surface area (Å²) in [5, 5.41) is 8.42. The number of halogens is 1. The van der Waals surface area contributed by atoms with Gasteiger partial charge in [0, 0.05) is 23.0 Å². The summed E-state index contributed by atoms with van der Waals surface area (Å²) < 4.78 is 2.90. The average Bonchev–Trinajstić information content (AvgIpc) is 2.77. The zero-order chi connectivity index (χ0) is 14.5. The van der Waals surface area contributed by atoms with Crippen molar-refractivity contribution >= 4 is 27.7 Å². The Bertz CT molecular complexity index is 568. The Morgan fingerprint density at radius 3 is 2.80 bits per heavy atom. The summed E-state index contributed by atoms with van der Waals surface area (Å²) in [7, 11) is 1.90. The van der Waals surface area contributed by atoms with Gasteiger partial charge in [-0.15, -0.1) is 0 Å². The van der Waals surface area contributed by atoms with Gasteiger partial charge in [0.05, 0.1) is 0 Å². The fraction of sp³-hybridized carbons (Fsp3) is 0.429. The molecule has 1 heterocycles. The topological polar surface area (TPSA) is 42.7 Å². The molecule has 1 N–H and O–H groups in total. The summed E-state index contributed by atoms with van der Waals surface area (Å²) in [6, 6.07) is 6.40. The number of nitrogens with one attached hydrogen (secondary N) is 1. The number of hydrogen-bond donors (Lipinski definition) is 1. The molecule has 0 amide bonds. The fourth-order valence-electron chi connectivity index (χ4n) is 1.71. The van der Waals surface area contributed by atoms with Gasteiger partial charge in [0.15, 0.2) is 5.16 Å². The van der Waals surface area contributed by atoms with E-state index < -0.39 is 0 Å². The maximum Gasteiger partial charge on any atom is 0.190 e. The minimum absolute atomic E-state index is 0.666. The molecule has 0 aliphatic rings. The van der Waals surface area contributed by atoms with Crippen LogP contribution in [0.1, 0.15) is 19.4 Å². The molecule has 6 heteroatoms. The van der Waals surface area contributed by atoms with Crippen LogP contribution >= 0.6 is 27.7 Å². The molecule has 0 bridgehead atoms. The lowest BCUT2D eigenvalue weighted by Crippen LogP contribution is -2.19. The molecule has 20 heavy (non-hydrogen) atoms. The van der Waals surface area contributed by atoms with Gasteiger partial charge in [-0.3, -0.25) is 0 Å². The third kappa shape index (κ3) is 4.33. The number of benzene rings is 1. The number of nitrogens with zero attached hydrogens (tertiary/aromatic N) is 3. The van der Waals surface area contributed by atoms with Crippen molar-refractivity contribution in [1.82, 2.24) is 20.1 Å². The molecule has 0 saturated heterocycles. The molecule has 0 unspecified atom stereocenters. The molecule has 0 atom stereocenters. The Morgan fingerprint density at radius 1 is 1.40 bits per heavy atom. The Hall–Kier alpha value is -0.850. The van der Waals surface area contributed by atoms with E-state index in [2.05, 4.69) is 63.4 Å². The third-order valence-electron chi connectivity index (χ3n) is 2.77. The first-order chi connectivity index (χ1) is 9.56. The van der Waals surface area contributed by atoms with Gasteiger partial charge < -0.3 is 5.32 Å². The Kier molecular flexibility index (Phi) is 5.63. The van der Waals surface area contributed by atoms with Crippen LogP contribution in [0.15, 0.2) is 39.1 Å². The molecular formula is C14H19BrN4S. The van der Waals surface area contributed by atoms with Crippen LogP contribution in [0.25, 0.3) is 0 Å². The molecule has 0 fully saturated rings. The molecule has 1 aromatic carbocycles. The SMILES string of the molecule is CC(C)CNCc1ccc(Sc2ncnn2C)cc1Br. The van der Waals surface area contributed by atoms with Gasteiger partial charge in [-0.25, -0.2) is 9.67 Å². The number of aryl methyl sites for hydroxylation is 1. The molecule has 0 aliphatic carbocycles. The van der Waals surface area contributed by atoms with E-state index >= 15 is 0 Å². The van der Waals surface area contributed by atoms with Crippen LogP contribution in [0.3, 0.4) is 0 Å². The Morgan fingerprint density at radius 2 is 2.20 bits per heavy atom. The largest absolute Gasteiger partial charge is 0.312 e. The zero-order valence-corrected chi connectivity index (χ0v) is 14.3. The predicted octanol–water partition coefficient (Wildman–Crippen LogP) is 3.47. The van der Waals surface area contributed by atoms with Crippen LogP contribution in [0.5, 0.6) is 0 Å².